The van der Waals surface area contributed by atoms with Crippen LogP contribution in [0, 0.1) is 0 Å². The Morgan fingerprint density at radius 1 is 1.36 bits per heavy atom. The molecule has 0 fully saturated rings. The summed E-state index contributed by atoms with van der Waals surface area (Å²) in [4.78, 5) is 13.4. The first-order valence-electron chi connectivity index (χ1n) is 7.76. The Kier molecular flexibility index (Phi) is 5.16. The summed E-state index contributed by atoms with van der Waals surface area (Å²) >= 11 is 1.67. The van der Waals surface area contributed by atoms with Crippen LogP contribution in [0.25, 0.3) is 10.4 Å². The quantitative estimate of drug-likeness (QED) is 0.711. The summed E-state index contributed by atoms with van der Waals surface area (Å²) in [7, 11) is 3.17. The molecule has 7 heteroatoms. The zero-order chi connectivity index (χ0) is 17.8. The van der Waals surface area contributed by atoms with E-state index in [-0.39, 0.29) is 18.3 Å². The van der Waals surface area contributed by atoms with Gasteiger partial charge in [-0.1, -0.05) is 30.3 Å². The number of aliphatic hydroxyl groups is 1. The molecule has 2 heterocycles. The molecule has 1 atom stereocenters. The van der Waals surface area contributed by atoms with Crippen LogP contribution in [0.3, 0.4) is 0 Å². The number of aromatic nitrogens is 2. The van der Waals surface area contributed by atoms with E-state index in [1.54, 1.807) is 24.6 Å². The number of hydrogen-bond acceptors (Lipinski definition) is 5. The van der Waals surface area contributed by atoms with E-state index in [2.05, 4.69) is 16.5 Å². The molecule has 3 aromatic rings. The number of ether oxygens (including phenoxy) is 1. The summed E-state index contributed by atoms with van der Waals surface area (Å²) in [5.74, 6) is -0.0750. The van der Waals surface area contributed by atoms with Gasteiger partial charge >= 0.3 is 0 Å². The van der Waals surface area contributed by atoms with Gasteiger partial charge in [0.2, 0.25) is 5.88 Å². The third-order valence-corrected chi connectivity index (χ3v) is 4.71. The Morgan fingerprint density at radius 2 is 2.12 bits per heavy atom. The van der Waals surface area contributed by atoms with Gasteiger partial charge in [0.1, 0.15) is 5.56 Å². The van der Waals surface area contributed by atoms with Crippen LogP contribution in [0.1, 0.15) is 22.0 Å². The predicted octanol–water partition coefficient (Wildman–Crippen LogP) is 2.62. The van der Waals surface area contributed by atoms with Crippen molar-refractivity contribution in [3.63, 3.8) is 0 Å². The van der Waals surface area contributed by atoms with Crippen LogP contribution in [-0.2, 0) is 7.05 Å². The first-order valence-corrected chi connectivity index (χ1v) is 8.64. The van der Waals surface area contributed by atoms with Crippen LogP contribution in [0.15, 0.2) is 48.0 Å². The van der Waals surface area contributed by atoms with Crippen LogP contribution < -0.4 is 10.1 Å². The number of methoxy groups -OCH3 is 1. The molecule has 0 saturated heterocycles. The van der Waals surface area contributed by atoms with Crippen LogP contribution in [-0.4, -0.2) is 34.4 Å². The van der Waals surface area contributed by atoms with Gasteiger partial charge in [0.25, 0.3) is 5.91 Å². The second-order valence-electron chi connectivity index (χ2n) is 5.55. The lowest BCUT2D eigenvalue weighted by atomic mass is 10.1. The zero-order valence-corrected chi connectivity index (χ0v) is 14.8. The van der Waals surface area contributed by atoms with Crippen molar-refractivity contribution >= 4 is 17.2 Å². The number of thiophene rings is 1. The molecule has 2 N–H and O–H groups in total. The van der Waals surface area contributed by atoms with Crippen molar-refractivity contribution in [3.8, 4) is 16.3 Å². The lowest BCUT2D eigenvalue weighted by Gasteiger charge is -2.12. The van der Waals surface area contributed by atoms with Crippen molar-refractivity contribution in [2.45, 2.75) is 6.10 Å². The number of carbonyl (C=O) groups excluding carboxylic acids is 1. The molecule has 0 radical (unpaired) electrons. The maximum absolute atomic E-state index is 12.2. The molecule has 25 heavy (non-hydrogen) atoms. The average molecular weight is 357 g/mol. The highest BCUT2D eigenvalue weighted by atomic mass is 32.1. The minimum atomic E-state index is -0.788. The maximum atomic E-state index is 12.2. The lowest BCUT2D eigenvalue weighted by Crippen LogP contribution is -2.28. The van der Waals surface area contributed by atoms with E-state index in [0.29, 0.717) is 5.56 Å². The largest absolute Gasteiger partial charge is 0.479 e. The smallest absolute Gasteiger partial charge is 0.258 e. The molecular formula is C18H19N3O3S. The minimum Gasteiger partial charge on any atom is -0.479 e. The predicted molar refractivity (Wildman–Crippen MR) is 96.8 cm³/mol. The molecule has 130 valence electrons. The highest BCUT2D eigenvalue weighted by Crippen LogP contribution is 2.26. The van der Waals surface area contributed by atoms with Gasteiger partial charge in [-0.2, -0.15) is 0 Å². The van der Waals surface area contributed by atoms with E-state index in [1.165, 1.54) is 16.7 Å². The SMILES string of the molecule is COc1nn(C)cc1C(=O)NCC(O)c1ccc(-c2cccs2)cc1. The molecule has 2 aromatic heterocycles. The number of aliphatic hydroxyl groups excluding tert-OH is 1. The summed E-state index contributed by atoms with van der Waals surface area (Å²) in [5.41, 5.74) is 2.19. The van der Waals surface area contributed by atoms with Gasteiger partial charge in [0, 0.05) is 24.7 Å². The van der Waals surface area contributed by atoms with Gasteiger partial charge in [-0.05, 0) is 22.6 Å². The number of rotatable bonds is 6. The second kappa shape index (κ2) is 7.50. The van der Waals surface area contributed by atoms with E-state index in [1.807, 2.05) is 35.7 Å². The van der Waals surface area contributed by atoms with Crippen molar-refractivity contribution in [1.82, 2.24) is 15.1 Å². The molecule has 1 amide bonds. The van der Waals surface area contributed by atoms with Crippen molar-refractivity contribution in [2.24, 2.45) is 7.05 Å². The fourth-order valence-corrected chi connectivity index (χ4v) is 3.22. The molecule has 1 unspecified atom stereocenters. The molecule has 0 saturated carbocycles. The molecule has 0 spiro atoms. The number of hydrogen-bond donors (Lipinski definition) is 2. The first-order chi connectivity index (χ1) is 12.1. The molecular weight excluding hydrogens is 338 g/mol. The summed E-state index contributed by atoms with van der Waals surface area (Å²) in [5, 5.41) is 19.1. The topological polar surface area (TPSA) is 76.4 Å². The van der Waals surface area contributed by atoms with Crippen molar-refractivity contribution < 1.29 is 14.6 Å². The maximum Gasteiger partial charge on any atom is 0.258 e. The lowest BCUT2D eigenvalue weighted by molar-refractivity contribution is 0.0913. The van der Waals surface area contributed by atoms with Crippen LogP contribution in [0.4, 0.5) is 0 Å². The average Bonchev–Trinajstić information content (AvgIpc) is 3.29. The highest BCUT2D eigenvalue weighted by molar-refractivity contribution is 7.13. The van der Waals surface area contributed by atoms with Crippen LogP contribution in [0.2, 0.25) is 0 Å². The summed E-state index contributed by atoms with van der Waals surface area (Å²) in [6, 6.07) is 11.7. The van der Waals surface area contributed by atoms with Gasteiger partial charge in [0.05, 0.1) is 13.2 Å². The molecule has 3 rings (SSSR count). The van der Waals surface area contributed by atoms with Gasteiger partial charge in [-0.15, -0.1) is 16.4 Å². The van der Waals surface area contributed by atoms with Gasteiger partial charge < -0.3 is 15.2 Å². The fraction of sp³-hybridized carbons (Fsp3) is 0.222. The van der Waals surface area contributed by atoms with Gasteiger partial charge in [-0.3, -0.25) is 9.48 Å². The van der Waals surface area contributed by atoms with E-state index in [0.717, 1.165) is 11.1 Å². The van der Waals surface area contributed by atoms with E-state index < -0.39 is 6.10 Å². The number of nitrogens with zero attached hydrogens (tertiary/aromatic N) is 2. The Bertz CT molecular complexity index is 841. The third kappa shape index (κ3) is 3.89. The summed E-state index contributed by atoms with van der Waals surface area (Å²) in [6.45, 7) is 0.106. The van der Waals surface area contributed by atoms with Gasteiger partial charge in [-0.25, -0.2) is 0 Å². The monoisotopic (exact) mass is 357 g/mol. The molecule has 0 aliphatic rings. The van der Waals surface area contributed by atoms with Gasteiger partial charge in [0.15, 0.2) is 0 Å². The number of aryl methyl sites for hydroxylation is 1. The van der Waals surface area contributed by atoms with E-state index >= 15 is 0 Å². The van der Waals surface area contributed by atoms with Crippen LogP contribution in [0.5, 0.6) is 5.88 Å². The number of benzene rings is 1. The van der Waals surface area contributed by atoms with E-state index in [9.17, 15) is 9.90 Å². The van der Waals surface area contributed by atoms with Crippen molar-refractivity contribution in [3.05, 3.63) is 59.1 Å². The molecule has 0 bridgehead atoms. The second-order valence-corrected chi connectivity index (χ2v) is 6.50. The third-order valence-electron chi connectivity index (χ3n) is 3.79. The normalized spacial score (nSPS) is 12.0. The molecule has 6 nitrogen and oxygen atoms in total. The number of amides is 1. The van der Waals surface area contributed by atoms with Crippen molar-refractivity contribution in [1.29, 1.82) is 0 Å². The molecule has 0 aliphatic carbocycles. The van der Waals surface area contributed by atoms with Crippen LogP contribution >= 0.6 is 11.3 Å². The summed E-state index contributed by atoms with van der Waals surface area (Å²) < 4.78 is 6.58. The minimum absolute atomic E-state index is 0.106. The zero-order valence-electron chi connectivity index (χ0n) is 14.0. The number of nitrogens with one attached hydrogen (secondary N) is 1. The Hall–Kier alpha value is -2.64. The number of carbonyl (C=O) groups is 1. The summed E-state index contributed by atoms with van der Waals surface area (Å²) in [6.07, 6.45) is 0.792. The van der Waals surface area contributed by atoms with E-state index in [4.69, 9.17) is 4.74 Å². The standard InChI is InChI=1S/C18H19N3O3S/c1-21-11-14(18(20-21)24-2)17(23)19-10-15(22)12-5-7-13(8-6-12)16-4-3-9-25-16/h3-9,11,15,22H,10H2,1-2H3,(H,19,23). The first kappa shape index (κ1) is 17.2. The highest BCUT2D eigenvalue weighted by Gasteiger charge is 2.17. The molecule has 0 aliphatic heterocycles. The Labute approximate surface area is 149 Å². The Balaban J connectivity index is 1.62. The fourth-order valence-electron chi connectivity index (χ4n) is 2.49. The van der Waals surface area contributed by atoms with Crippen molar-refractivity contribution in [2.75, 3.05) is 13.7 Å². The molecule has 1 aromatic carbocycles. The Morgan fingerprint density at radius 3 is 2.76 bits per heavy atom.